The van der Waals surface area contributed by atoms with E-state index in [9.17, 15) is 4.79 Å². The molecule has 0 aromatic rings. The van der Waals surface area contributed by atoms with Crippen LogP contribution >= 0.6 is 0 Å². The first-order chi connectivity index (χ1) is 7.81. The molecule has 3 heteroatoms. The Hall–Kier alpha value is -0.570. The molecular formula is C13H22N2O. The summed E-state index contributed by atoms with van der Waals surface area (Å²) in [5.41, 5.74) is 5.71. The second-order valence-corrected chi connectivity index (χ2v) is 5.81. The summed E-state index contributed by atoms with van der Waals surface area (Å²) in [6.07, 6.45) is 6.31. The number of hydrogen-bond donors (Lipinski definition) is 1. The van der Waals surface area contributed by atoms with E-state index in [1.165, 1.54) is 25.7 Å². The van der Waals surface area contributed by atoms with E-state index >= 15 is 0 Å². The summed E-state index contributed by atoms with van der Waals surface area (Å²) in [6.45, 7) is 2.64. The Bertz CT molecular complexity index is 282. The van der Waals surface area contributed by atoms with Crippen LogP contribution in [0.4, 0.5) is 0 Å². The molecule has 0 bridgehead atoms. The zero-order chi connectivity index (χ0) is 11.1. The fourth-order valence-corrected chi connectivity index (χ4v) is 3.86. The van der Waals surface area contributed by atoms with Gasteiger partial charge in [-0.05, 0) is 50.0 Å². The van der Waals surface area contributed by atoms with E-state index in [4.69, 9.17) is 5.73 Å². The maximum atomic E-state index is 12.3. The van der Waals surface area contributed by atoms with Gasteiger partial charge >= 0.3 is 0 Å². The van der Waals surface area contributed by atoms with Crippen LogP contribution in [0.15, 0.2) is 0 Å². The zero-order valence-electron chi connectivity index (χ0n) is 9.90. The lowest BCUT2D eigenvalue weighted by Gasteiger charge is -2.32. The molecule has 90 valence electrons. The molecule has 1 heterocycles. The molecule has 0 spiro atoms. The molecule has 2 saturated carbocycles. The molecule has 16 heavy (non-hydrogen) atoms. The largest absolute Gasteiger partial charge is 0.342 e. The first-order valence-corrected chi connectivity index (χ1v) is 6.80. The molecule has 3 nitrogen and oxygen atoms in total. The van der Waals surface area contributed by atoms with Crippen LogP contribution in [0.3, 0.4) is 0 Å². The highest BCUT2D eigenvalue weighted by Gasteiger charge is 2.57. The third-order valence-electron chi connectivity index (χ3n) is 4.86. The van der Waals surface area contributed by atoms with Crippen molar-refractivity contribution in [3.8, 4) is 0 Å². The van der Waals surface area contributed by atoms with Gasteiger partial charge in [-0.15, -0.1) is 0 Å². The van der Waals surface area contributed by atoms with Gasteiger partial charge in [0.25, 0.3) is 0 Å². The fraction of sp³-hybridized carbons (Fsp3) is 0.923. The second kappa shape index (κ2) is 4.02. The lowest BCUT2D eigenvalue weighted by Crippen LogP contribution is -2.43. The van der Waals surface area contributed by atoms with E-state index in [0.29, 0.717) is 17.7 Å². The Kier molecular flexibility index (Phi) is 2.66. The Morgan fingerprint density at radius 1 is 1.19 bits per heavy atom. The van der Waals surface area contributed by atoms with Crippen LogP contribution in [0.2, 0.25) is 0 Å². The van der Waals surface area contributed by atoms with Crippen molar-refractivity contribution in [3.05, 3.63) is 0 Å². The predicted molar refractivity (Wildman–Crippen MR) is 62.7 cm³/mol. The molecule has 0 aromatic carbocycles. The number of carbonyl (C=O) groups excluding carboxylic acids is 1. The summed E-state index contributed by atoms with van der Waals surface area (Å²) in [5, 5.41) is 0. The summed E-state index contributed by atoms with van der Waals surface area (Å²) in [7, 11) is 0. The smallest absolute Gasteiger partial charge is 0.226 e. The molecule has 2 aliphatic carbocycles. The Morgan fingerprint density at radius 2 is 1.94 bits per heavy atom. The molecule has 1 aliphatic heterocycles. The normalized spacial score (nSPS) is 41.9. The van der Waals surface area contributed by atoms with E-state index < -0.39 is 0 Å². The lowest BCUT2D eigenvalue weighted by molar-refractivity contribution is -0.135. The summed E-state index contributed by atoms with van der Waals surface area (Å²) >= 11 is 0. The molecule has 1 saturated heterocycles. The minimum absolute atomic E-state index is 0.408. The number of piperidine rings is 1. The molecule has 3 atom stereocenters. The van der Waals surface area contributed by atoms with Crippen molar-refractivity contribution < 1.29 is 4.79 Å². The monoisotopic (exact) mass is 222 g/mol. The van der Waals surface area contributed by atoms with Crippen LogP contribution in [0.5, 0.6) is 0 Å². The minimum Gasteiger partial charge on any atom is -0.342 e. The first-order valence-electron chi connectivity index (χ1n) is 6.80. The van der Waals surface area contributed by atoms with Crippen LogP contribution < -0.4 is 5.73 Å². The van der Waals surface area contributed by atoms with Crippen LogP contribution in [0.1, 0.15) is 32.1 Å². The van der Waals surface area contributed by atoms with Crippen LogP contribution in [0.25, 0.3) is 0 Å². The number of rotatable bonds is 2. The second-order valence-electron chi connectivity index (χ2n) is 5.81. The summed E-state index contributed by atoms with van der Waals surface area (Å²) in [4.78, 5) is 14.4. The minimum atomic E-state index is 0.408. The lowest BCUT2D eigenvalue weighted by atomic mass is 9.97. The molecule has 3 unspecified atom stereocenters. The molecule has 3 aliphatic rings. The van der Waals surface area contributed by atoms with Crippen LogP contribution in [0, 0.1) is 23.7 Å². The van der Waals surface area contributed by atoms with Crippen LogP contribution in [-0.4, -0.2) is 30.4 Å². The van der Waals surface area contributed by atoms with Crippen LogP contribution in [-0.2, 0) is 4.79 Å². The van der Waals surface area contributed by atoms with Crippen molar-refractivity contribution in [2.45, 2.75) is 32.1 Å². The van der Waals surface area contributed by atoms with Gasteiger partial charge in [-0.1, -0.05) is 6.42 Å². The van der Waals surface area contributed by atoms with E-state index in [1.807, 2.05) is 0 Å². The van der Waals surface area contributed by atoms with Crippen molar-refractivity contribution in [1.82, 2.24) is 4.90 Å². The van der Waals surface area contributed by atoms with E-state index in [2.05, 4.69) is 4.90 Å². The van der Waals surface area contributed by atoms with Crippen molar-refractivity contribution in [3.63, 3.8) is 0 Å². The van der Waals surface area contributed by atoms with Gasteiger partial charge in [0.15, 0.2) is 0 Å². The van der Waals surface area contributed by atoms with E-state index in [0.717, 1.165) is 37.9 Å². The van der Waals surface area contributed by atoms with Crippen molar-refractivity contribution in [2.24, 2.45) is 29.4 Å². The van der Waals surface area contributed by atoms with Gasteiger partial charge in [-0.25, -0.2) is 0 Å². The number of fused-ring (bicyclic) bond motifs is 1. The molecule has 2 N–H and O–H groups in total. The third kappa shape index (κ3) is 1.65. The molecule has 3 rings (SSSR count). The van der Waals surface area contributed by atoms with Crippen molar-refractivity contribution in [1.29, 1.82) is 0 Å². The number of carbonyl (C=O) groups is 1. The van der Waals surface area contributed by atoms with Gasteiger partial charge in [-0.2, -0.15) is 0 Å². The third-order valence-corrected chi connectivity index (χ3v) is 4.86. The molecular weight excluding hydrogens is 200 g/mol. The Morgan fingerprint density at radius 3 is 2.62 bits per heavy atom. The summed E-state index contributed by atoms with van der Waals surface area (Å²) < 4.78 is 0. The summed E-state index contributed by atoms with van der Waals surface area (Å²) in [6, 6.07) is 0. The highest BCUT2D eigenvalue weighted by atomic mass is 16.2. The zero-order valence-corrected chi connectivity index (χ0v) is 9.90. The quantitative estimate of drug-likeness (QED) is 0.764. The van der Waals surface area contributed by atoms with Crippen molar-refractivity contribution >= 4 is 5.91 Å². The van der Waals surface area contributed by atoms with Gasteiger partial charge in [0.1, 0.15) is 0 Å². The molecule has 1 amide bonds. The highest BCUT2D eigenvalue weighted by molar-refractivity contribution is 5.82. The predicted octanol–water partition coefficient (Wildman–Crippen LogP) is 1.23. The molecule has 0 radical (unpaired) electrons. The number of nitrogens with zero attached hydrogens (tertiary/aromatic N) is 1. The number of amides is 1. The van der Waals surface area contributed by atoms with E-state index in [-0.39, 0.29) is 0 Å². The first kappa shape index (κ1) is 10.6. The van der Waals surface area contributed by atoms with E-state index in [1.54, 1.807) is 0 Å². The maximum Gasteiger partial charge on any atom is 0.226 e. The average Bonchev–Trinajstić information content (AvgIpc) is 2.81. The maximum absolute atomic E-state index is 12.3. The van der Waals surface area contributed by atoms with Gasteiger partial charge < -0.3 is 10.6 Å². The highest BCUT2D eigenvalue weighted by Crippen LogP contribution is 2.58. The van der Waals surface area contributed by atoms with Gasteiger partial charge in [0.2, 0.25) is 5.91 Å². The standard InChI is InChI=1S/C13H22N2O/c14-7-9-3-2-6-15(8-9)13(16)12-10-4-1-5-11(10)12/h9-12H,1-8,14H2. The van der Waals surface area contributed by atoms with Gasteiger partial charge in [-0.3, -0.25) is 4.79 Å². The van der Waals surface area contributed by atoms with Crippen molar-refractivity contribution in [2.75, 3.05) is 19.6 Å². The molecule has 3 fully saturated rings. The fourth-order valence-electron chi connectivity index (χ4n) is 3.86. The van der Waals surface area contributed by atoms with Gasteiger partial charge in [0.05, 0.1) is 0 Å². The molecule has 0 aromatic heterocycles. The average molecular weight is 222 g/mol. The number of likely N-dealkylation sites (tertiary alicyclic amines) is 1. The Balaban J connectivity index is 1.58. The Labute approximate surface area is 97.4 Å². The summed E-state index contributed by atoms with van der Waals surface area (Å²) in [5.74, 6) is 2.92. The number of hydrogen-bond acceptors (Lipinski definition) is 2. The number of nitrogens with two attached hydrogens (primary N) is 1. The van der Waals surface area contributed by atoms with Gasteiger partial charge in [0, 0.05) is 19.0 Å². The SMILES string of the molecule is NCC1CCCN(C(=O)C2C3CCCC32)C1. The topological polar surface area (TPSA) is 46.3 Å².